The molecule has 3 N–H and O–H groups in total. The van der Waals surface area contributed by atoms with Crippen molar-refractivity contribution in [3.63, 3.8) is 0 Å². The maximum absolute atomic E-state index is 12.1. The van der Waals surface area contributed by atoms with Crippen molar-refractivity contribution >= 4 is 27.8 Å². The van der Waals surface area contributed by atoms with E-state index in [0.717, 1.165) is 16.4 Å². The zero-order valence-electron chi connectivity index (χ0n) is 12.6. The lowest BCUT2D eigenvalue weighted by Crippen LogP contribution is -2.33. The van der Waals surface area contributed by atoms with Crippen molar-refractivity contribution in [2.45, 2.75) is 6.42 Å². The molecule has 0 radical (unpaired) electrons. The van der Waals surface area contributed by atoms with Crippen LogP contribution in [0.3, 0.4) is 0 Å². The van der Waals surface area contributed by atoms with Crippen molar-refractivity contribution in [2.75, 3.05) is 32.0 Å². The van der Waals surface area contributed by atoms with E-state index in [2.05, 4.69) is 4.72 Å². The van der Waals surface area contributed by atoms with Crippen LogP contribution in [0.1, 0.15) is 27.1 Å². The highest BCUT2D eigenvalue weighted by atomic mass is 32.2. The molecule has 9 nitrogen and oxygen atoms in total. The van der Waals surface area contributed by atoms with Gasteiger partial charge in [0.2, 0.25) is 0 Å². The molecular weight excluding hydrogens is 328 g/mol. The standard InChI is InChI=1S/C13H18N2O7S/c1-15(6-3-7-22-2)23(20,21)14-9-4-5-10(12(16)17)11(8-9)13(18)19/h4-5,8,14H,3,6-7H2,1-2H3,(H,16,17)(H,18,19). The van der Waals surface area contributed by atoms with Crippen LogP contribution in [0.4, 0.5) is 5.69 Å². The number of hydrogen-bond donors (Lipinski definition) is 3. The van der Waals surface area contributed by atoms with Gasteiger partial charge in [0.05, 0.1) is 16.8 Å². The number of carboxylic acids is 2. The number of hydrogen-bond acceptors (Lipinski definition) is 5. The monoisotopic (exact) mass is 346 g/mol. The Kier molecular flexibility index (Phi) is 6.49. The molecule has 0 aromatic heterocycles. The molecule has 0 unspecified atom stereocenters. The fourth-order valence-electron chi connectivity index (χ4n) is 1.75. The van der Waals surface area contributed by atoms with Crippen LogP contribution in [0, 0.1) is 0 Å². The number of methoxy groups -OCH3 is 1. The van der Waals surface area contributed by atoms with E-state index in [1.54, 1.807) is 0 Å². The summed E-state index contributed by atoms with van der Waals surface area (Å²) >= 11 is 0. The summed E-state index contributed by atoms with van der Waals surface area (Å²) in [6.45, 7) is 0.610. The summed E-state index contributed by atoms with van der Waals surface area (Å²) in [5.74, 6) is -2.87. The summed E-state index contributed by atoms with van der Waals surface area (Å²) in [4.78, 5) is 22.0. The number of ether oxygens (including phenoxy) is 1. The van der Waals surface area contributed by atoms with Gasteiger partial charge < -0.3 is 14.9 Å². The van der Waals surface area contributed by atoms with Crippen LogP contribution in [0.25, 0.3) is 0 Å². The Hall–Kier alpha value is -2.17. The van der Waals surface area contributed by atoms with Crippen LogP contribution >= 0.6 is 0 Å². The molecular formula is C13H18N2O7S. The van der Waals surface area contributed by atoms with Gasteiger partial charge in [0.15, 0.2) is 0 Å². The van der Waals surface area contributed by atoms with Gasteiger partial charge in [0.1, 0.15) is 0 Å². The molecule has 0 spiro atoms. The summed E-state index contributed by atoms with van der Waals surface area (Å²) in [6, 6.07) is 3.19. The molecule has 0 aliphatic heterocycles. The number of carboxylic acid groups (broad SMARTS) is 2. The maximum atomic E-state index is 12.1. The normalized spacial score (nSPS) is 11.4. The van der Waals surface area contributed by atoms with Crippen molar-refractivity contribution in [1.29, 1.82) is 0 Å². The molecule has 128 valence electrons. The zero-order valence-corrected chi connectivity index (χ0v) is 13.5. The zero-order chi connectivity index (χ0) is 17.6. The van der Waals surface area contributed by atoms with Gasteiger partial charge >= 0.3 is 22.1 Å². The summed E-state index contributed by atoms with van der Waals surface area (Å²) in [5.41, 5.74) is -0.959. The third kappa shape index (κ3) is 5.20. The minimum atomic E-state index is -3.88. The van der Waals surface area contributed by atoms with Crippen LogP contribution in [-0.2, 0) is 14.9 Å². The molecule has 0 aliphatic carbocycles. The lowest BCUT2D eigenvalue weighted by Gasteiger charge is -2.18. The fraction of sp³-hybridized carbons (Fsp3) is 0.385. The third-order valence-corrected chi connectivity index (χ3v) is 4.46. The summed E-state index contributed by atoms with van der Waals surface area (Å²) in [7, 11) is -1.01. The molecule has 1 rings (SSSR count). The molecule has 0 heterocycles. The van der Waals surface area contributed by atoms with Gasteiger partial charge in [-0.2, -0.15) is 12.7 Å². The number of carbonyl (C=O) groups is 2. The SMILES string of the molecule is COCCCN(C)S(=O)(=O)Nc1ccc(C(=O)O)c(C(=O)O)c1. The lowest BCUT2D eigenvalue weighted by molar-refractivity contribution is 0.0651. The van der Waals surface area contributed by atoms with Gasteiger partial charge in [-0.15, -0.1) is 0 Å². The van der Waals surface area contributed by atoms with E-state index in [9.17, 15) is 18.0 Å². The Balaban J connectivity index is 2.98. The summed E-state index contributed by atoms with van der Waals surface area (Å²) in [6.07, 6.45) is 0.492. The molecule has 0 bridgehead atoms. The van der Waals surface area contributed by atoms with E-state index in [1.807, 2.05) is 0 Å². The number of rotatable bonds is 9. The van der Waals surface area contributed by atoms with E-state index in [1.165, 1.54) is 20.2 Å². The van der Waals surface area contributed by atoms with Gasteiger partial charge in [-0.1, -0.05) is 0 Å². The molecule has 23 heavy (non-hydrogen) atoms. The van der Waals surface area contributed by atoms with Crippen LogP contribution in [0.2, 0.25) is 0 Å². The van der Waals surface area contributed by atoms with Crippen molar-refractivity contribution in [3.8, 4) is 0 Å². The number of nitrogens with zero attached hydrogens (tertiary/aromatic N) is 1. The van der Waals surface area contributed by atoms with Crippen LogP contribution in [0.5, 0.6) is 0 Å². The smallest absolute Gasteiger partial charge is 0.336 e. The summed E-state index contributed by atoms with van der Waals surface area (Å²) < 4.78 is 32.3. The molecule has 0 saturated carbocycles. The van der Waals surface area contributed by atoms with Gasteiger partial charge in [0.25, 0.3) is 0 Å². The quantitative estimate of drug-likeness (QED) is 0.561. The van der Waals surface area contributed by atoms with Gasteiger partial charge in [-0.05, 0) is 24.6 Å². The van der Waals surface area contributed by atoms with E-state index < -0.39 is 33.3 Å². The second-order valence-corrected chi connectivity index (χ2v) is 6.42. The average molecular weight is 346 g/mol. The van der Waals surface area contributed by atoms with E-state index >= 15 is 0 Å². The number of nitrogens with one attached hydrogen (secondary N) is 1. The van der Waals surface area contributed by atoms with Crippen molar-refractivity contribution in [2.24, 2.45) is 0 Å². The minimum Gasteiger partial charge on any atom is -0.478 e. The molecule has 0 saturated heterocycles. The summed E-state index contributed by atoms with van der Waals surface area (Å²) in [5, 5.41) is 17.9. The van der Waals surface area contributed by atoms with Crippen LogP contribution in [0.15, 0.2) is 18.2 Å². The Morgan fingerprint density at radius 2 is 1.83 bits per heavy atom. The topological polar surface area (TPSA) is 133 Å². The number of aromatic carboxylic acids is 2. The largest absolute Gasteiger partial charge is 0.478 e. The number of benzene rings is 1. The maximum Gasteiger partial charge on any atom is 0.336 e. The molecule has 0 aliphatic rings. The van der Waals surface area contributed by atoms with Gasteiger partial charge in [0, 0.05) is 27.3 Å². The Labute approximate surface area is 133 Å². The second-order valence-electron chi connectivity index (χ2n) is 4.65. The van der Waals surface area contributed by atoms with Crippen LogP contribution in [-0.4, -0.2) is 62.2 Å². The van der Waals surface area contributed by atoms with Crippen molar-refractivity contribution in [3.05, 3.63) is 29.3 Å². The first-order valence-electron chi connectivity index (χ1n) is 6.52. The first kappa shape index (κ1) is 18.9. The Morgan fingerprint density at radius 1 is 1.22 bits per heavy atom. The molecule has 1 aromatic rings. The van der Waals surface area contributed by atoms with Crippen molar-refractivity contribution in [1.82, 2.24) is 4.31 Å². The highest BCUT2D eigenvalue weighted by Gasteiger charge is 2.20. The van der Waals surface area contributed by atoms with Crippen LogP contribution < -0.4 is 4.72 Å². The first-order valence-corrected chi connectivity index (χ1v) is 7.96. The fourth-order valence-corrected chi connectivity index (χ4v) is 2.70. The molecule has 0 amide bonds. The predicted molar refractivity (Wildman–Crippen MR) is 82.0 cm³/mol. The molecule has 0 atom stereocenters. The van der Waals surface area contributed by atoms with E-state index in [4.69, 9.17) is 14.9 Å². The first-order chi connectivity index (χ1) is 10.7. The van der Waals surface area contributed by atoms with Gasteiger partial charge in [-0.25, -0.2) is 9.59 Å². The molecule has 10 heteroatoms. The highest BCUT2D eigenvalue weighted by molar-refractivity contribution is 7.90. The lowest BCUT2D eigenvalue weighted by atomic mass is 10.1. The minimum absolute atomic E-state index is 0.0361. The second kappa shape index (κ2) is 7.90. The number of anilines is 1. The molecule has 1 aromatic carbocycles. The highest BCUT2D eigenvalue weighted by Crippen LogP contribution is 2.18. The third-order valence-electron chi connectivity index (χ3n) is 2.96. The van der Waals surface area contributed by atoms with E-state index in [-0.39, 0.29) is 12.2 Å². The molecule has 0 fully saturated rings. The van der Waals surface area contributed by atoms with E-state index in [0.29, 0.717) is 13.0 Å². The Bertz CT molecular complexity index is 688. The van der Waals surface area contributed by atoms with Gasteiger partial charge in [-0.3, -0.25) is 4.72 Å². The Morgan fingerprint density at radius 3 is 2.35 bits per heavy atom. The predicted octanol–water partition coefficient (Wildman–Crippen LogP) is 0.708. The van der Waals surface area contributed by atoms with Crippen molar-refractivity contribution < 1.29 is 33.0 Å². The average Bonchev–Trinajstić information content (AvgIpc) is 2.46.